The molecule has 1 N–H and O–H groups in total. The molecule has 0 bridgehead atoms. The van der Waals surface area contributed by atoms with Gasteiger partial charge in [0.25, 0.3) is 0 Å². The van der Waals surface area contributed by atoms with Gasteiger partial charge in [0.05, 0.1) is 5.52 Å². The van der Waals surface area contributed by atoms with Crippen LogP contribution >= 0.6 is 0 Å². The van der Waals surface area contributed by atoms with Gasteiger partial charge in [-0.15, -0.1) is 0 Å². The summed E-state index contributed by atoms with van der Waals surface area (Å²) in [5.74, 6) is 0. The minimum atomic E-state index is 1.06. The number of nitrogens with zero attached hydrogens (tertiary/aromatic N) is 1. The molecule has 0 spiro atoms. The van der Waals surface area contributed by atoms with E-state index in [9.17, 15) is 0 Å². The molecule has 0 aliphatic carbocycles. The number of fused-ring (bicyclic) bond motifs is 2. The molecule has 2 aromatic carbocycles. The molecule has 0 aliphatic rings. The zero-order valence-electron chi connectivity index (χ0n) is 12.1. The first-order valence-corrected chi connectivity index (χ1v) is 7.22. The van der Waals surface area contributed by atoms with Crippen molar-refractivity contribution >= 4 is 21.8 Å². The Morgan fingerprint density at radius 2 is 1.76 bits per heavy atom. The van der Waals surface area contributed by atoms with Crippen LogP contribution in [0.2, 0.25) is 0 Å². The Balaban J connectivity index is 0.000000126. The molecule has 0 unspecified atom stereocenters. The topological polar surface area (TPSA) is 28.7 Å². The van der Waals surface area contributed by atoms with Crippen LogP contribution in [0.1, 0.15) is 12.5 Å². The second-order valence-electron chi connectivity index (χ2n) is 4.95. The lowest BCUT2D eigenvalue weighted by Crippen LogP contribution is -1.77. The molecule has 0 radical (unpaired) electrons. The molecule has 0 aliphatic heterocycles. The van der Waals surface area contributed by atoms with Gasteiger partial charge in [0.1, 0.15) is 0 Å². The largest absolute Gasteiger partial charge is 0.361 e. The average molecular weight is 274 g/mol. The standard InChI is InChI=1S/C10H11N.C9H7N/c1-2-8-3-4-9-5-6-11-10(9)7-8;1-2-6-9-8(4-1)5-3-7-10-9/h3-7,11H,2H2,1H3;1-7H. The Morgan fingerprint density at radius 1 is 0.905 bits per heavy atom. The van der Waals surface area contributed by atoms with E-state index in [2.05, 4.69) is 53.3 Å². The quantitative estimate of drug-likeness (QED) is 0.522. The summed E-state index contributed by atoms with van der Waals surface area (Å²) in [6.45, 7) is 2.17. The number of rotatable bonds is 1. The zero-order chi connectivity index (χ0) is 14.5. The second-order valence-corrected chi connectivity index (χ2v) is 4.95. The molecule has 4 rings (SSSR count). The van der Waals surface area contributed by atoms with Crippen molar-refractivity contribution in [3.05, 3.63) is 78.6 Å². The number of H-pyrrole nitrogens is 1. The molecule has 2 heterocycles. The zero-order valence-corrected chi connectivity index (χ0v) is 12.1. The summed E-state index contributed by atoms with van der Waals surface area (Å²) in [5.41, 5.74) is 3.69. The molecule has 2 heteroatoms. The average Bonchev–Trinajstić information content (AvgIpc) is 3.03. The van der Waals surface area contributed by atoms with Crippen molar-refractivity contribution in [1.29, 1.82) is 0 Å². The number of para-hydroxylation sites is 1. The van der Waals surface area contributed by atoms with Gasteiger partial charge >= 0.3 is 0 Å². The maximum Gasteiger partial charge on any atom is 0.0701 e. The molecule has 21 heavy (non-hydrogen) atoms. The monoisotopic (exact) mass is 274 g/mol. The predicted molar refractivity (Wildman–Crippen MR) is 89.4 cm³/mol. The van der Waals surface area contributed by atoms with Gasteiger partial charge in [-0.2, -0.15) is 0 Å². The summed E-state index contributed by atoms with van der Waals surface area (Å²) < 4.78 is 0. The number of nitrogens with one attached hydrogen (secondary N) is 1. The van der Waals surface area contributed by atoms with Crippen LogP contribution in [0.25, 0.3) is 21.8 Å². The summed E-state index contributed by atoms with van der Waals surface area (Å²) in [6, 6.07) is 20.7. The predicted octanol–water partition coefficient (Wildman–Crippen LogP) is 4.97. The van der Waals surface area contributed by atoms with Crippen molar-refractivity contribution in [2.24, 2.45) is 0 Å². The highest BCUT2D eigenvalue weighted by atomic mass is 14.7. The third-order valence-corrected chi connectivity index (χ3v) is 3.54. The Hall–Kier alpha value is -2.61. The number of aryl methyl sites for hydroxylation is 1. The number of hydrogen-bond donors (Lipinski definition) is 1. The Bertz CT molecular complexity index is 781. The molecule has 0 saturated heterocycles. The minimum Gasteiger partial charge on any atom is -0.361 e. The second kappa shape index (κ2) is 6.23. The van der Waals surface area contributed by atoms with Gasteiger partial charge in [0, 0.05) is 23.3 Å². The van der Waals surface area contributed by atoms with Crippen molar-refractivity contribution < 1.29 is 0 Å². The smallest absolute Gasteiger partial charge is 0.0701 e. The molecule has 4 aromatic rings. The molecule has 0 atom stereocenters. The number of aromatic nitrogens is 2. The van der Waals surface area contributed by atoms with E-state index in [0.29, 0.717) is 0 Å². The van der Waals surface area contributed by atoms with E-state index in [4.69, 9.17) is 0 Å². The molecular weight excluding hydrogens is 256 g/mol. The Morgan fingerprint density at radius 3 is 2.62 bits per heavy atom. The Labute approximate surface area is 124 Å². The fourth-order valence-corrected chi connectivity index (χ4v) is 2.33. The van der Waals surface area contributed by atoms with Crippen LogP contribution in [0, 0.1) is 0 Å². The molecule has 2 nitrogen and oxygen atoms in total. The summed E-state index contributed by atoms with van der Waals surface area (Å²) in [5, 5.41) is 2.49. The summed E-state index contributed by atoms with van der Waals surface area (Å²) in [6.07, 6.45) is 4.89. The summed E-state index contributed by atoms with van der Waals surface area (Å²) in [4.78, 5) is 7.38. The van der Waals surface area contributed by atoms with E-state index in [-0.39, 0.29) is 0 Å². The highest BCUT2D eigenvalue weighted by Gasteiger charge is 1.93. The lowest BCUT2D eigenvalue weighted by molar-refractivity contribution is 1.14. The van der Waals surface area contributed by atoms with Crippen LogP contribution in [-0.4, -0.2) is 9.97 Å². The van der Waals surface area contributed by atoms with Crippen molar-refractivity contribution in [2.75, 3.05) is 0 Å². The van der Waals surface area contributed by atoms with E-state index in [1.165, 1.54) is 21.9 Å². The number of benzene rings is 2. The summed E-state index contributed by atoms with van der Waals surface area (Å²) in [7, 11) is 0. The van der Waals surface area contributed by atoms with Crippen molar-refractivity contribution in [3.8, 4) is 0 Å². The van der Waals surface area contributed by atoms with E-state index < -0.39 is 0 Å². The summed E-state index contributed by atoms with van der Waals surface area (Å²) >= 11 is 0. The number of aromatic amines is 1. The van der Waals surface area contributed by atoms with Gasteiger partial charge in [-0.1, -0.05) is 43.3 Å². The van der Waals surface area contributed by atoms with Crippen LogP contribution in [0.5, 0.6) is 0 Å². The van der Waals surface area contributed by atoms with Crippen LogP contribution in [0.3, 0.4) is 0 Å². The normalized spacial score (nSPS) is 10.3. The van der Waals surface area contributed by atoms with Gasteiger partial charge in [-0.25, -0.2) is 0 Å². The molecule has 0 amide bonds. The first-order valence-electron chi connectivity index (χ1n) is 7.22. The van der Waals surface area contributed by atoms with Gasteiger partial charge in [-0.3, -0.25) is 4.98 Å². The van der Waals surface area contributed by atoms with Gasteiger partial charge < -0.3 is 4.98 Å². The van der Waals surface area contributed by atoms with Crippen LogP contribution in [0.15, 0.2) is 73.1 Å². The lowest BCUT2D eigenvalue weighted by atomic mass is 10.1. The molecular formula is C19H18N2. The van der Waals surface area contributed by atoms with Gasteiger partial charge in [0.2, 0.25) is 0 Å². The maximum atomic E-state index is 4.18. The maximum absolute atomic E-state index is 4.18. The van der Waals surface area contributed by atoms with Crippen LogP contribution in [0.4, 0.5) is 0 Å². The van der Waals surface area contributed by atoms with Gasteiger partial charge in [0.15, 0.2) is 0 Å². The number of hydrogen-bond acceptors (Lipinski definition) is 1. The fraction of sp³-hybridized carbons (Fsp3) is 0.105. The third kappa shape index (κ3) is 3.11. The van der Waals surface area contributed by atoms with Crippen molar-refractivity contribution in [2.45, 2.75) is 13.3 Å². The molecule has 0 fully saturated rings. The van der Waals surface area contributed by atoms with E-state index in [0.717, 1.165) is 11.9 Å². The SMILES string of the molecule is CCc1ccc2cc[nH]c2c1.c1ccc2ncccc2c1. The minimum absolute atomic E-state index is 1.06. The van der Waals surface area contributed by atoms with E-state index in [1.807, 2.05) is 36.7 Å². The first kappa shape index (κ1) is 13.4. The van der Waals surface area contributed by atoms with E-state index >= 15 is 0 Å². The fourth-order valence-electron chi connectivity index (χ4n) is 2.33. The molecule has 0 saturated carbocycles. The highest BCUT2D eigenvalue weighted by molar-refractivity contribution is 5.79. The number of pyridine rings is 1. The van der Waals surface area contributed by atoms with E-state index in [1.54, 1.807) is 0 Å². The molecule has 2 aromatic heterocycles. The molecule has 104 valence electrons. The third-order valence-electron chi connectivity index (χ3n) is 3.54. The van der Waals surface area contributed by atoms with Gasteiger partial charge in [-0.05, 0) is 41.6 Å². The highest BCUT2D eigenvalue weighted by Crippen LogP contribution is 2.14. The van der Waals surface area contributed by atoms with Crippen LogP contribution in [-0.2, 0) is 6.42 Å². The Kier molecular flexibility index (Phi) is 3.97. The lowest BCUT2D eigenvalue weighted by Gasteiger charge is -1.94. The first-order chi connectivity index (χ1) is 10.4. The van der Waals surface area contributed by atoms with Crippen LogP contribution < -0.4 is 0 Å². The van der Waals surface area contributed by atoms with Crippen molar-refractivity contribution in [1.82, 2.24) is 9.97 Å². The van der Waals surface area contributed by atoms with Crippen molar-refractivity contribution in [3.63, 3.8) is 0 Å².